The second-order valence-corrected chi connectivity index (χ2v) is 4.64. The number of hydrogen-bond donors (Lipinski definition) is 0. The van der Waals surface area contributed by atoms with E-state index in [9.17, 15) is 0 Å². The van der Waals surface area contributed by atoms with Gasteiger partial charge in [-0.25, -0.2) is 0 Å². The molecule has 0 aliphatic heterocycles. The Balaban J connectivity index is 1.94. The first-order valence-corrected chi connectivity index (χ1v) is 6.87. The average molecular weight is 279 g/mol. The summed E-state index contributed by atoms with van der Waals surface area (Å²) in [5, 5.41) is 3.97. The van der Waals surface area contributed by atoms with E-state index >= 15 is 0 Å². The maximum Gasteiger partial charge on any atom is 0.240 e. The number of aryl methyl sites for hydroxylation is 1. The first-order valence-electron chi connectivity index (χ1n) is 6.87. The van der Waals surface area contributed by atoms with Crippen LogP contribution in [0.1, 0.15) is 30.8 Å². The Morgan fingerprint density at radius 2 is 2.25 bits per heavy atom. The van der Waals surface area contributed by atoms with Crippen molar-refractivity contribution < 1.29 is 13.7 Å². The molecule has 0 spiro atoms. The third-order valence-electron chi connectivity index (χ3n) is 2.91. The van der Waals surface area contributed by atoms with Gasteiger partial charge in [0.1, 0.15) is 5.76 Å². The van der Waals surface area contributed by atoms with Crippen molar-refractivity contribution in [3.63, 3.8) is 0 Å². The molecule has 0 radical (unpaired) electrons. The molecule has 20 heavy (non-hydrogen) atoms. The van der Waals surface area contributed by atoms with Crippen LogP contribution >= 0.6 is 0 Å². The zero-order chi connectivity index (χ0) is 14.2. The van der Waals surface area contributed by atoms with Crippen molar-refractivity contribution in [2.45, 2.75) is 32.9 Å². The number of hydrogen-bond acceptors (Lipinski definition) is 6. The first kappa shape index (κ1) is 14.7. The van der Waals surface area contributed by atoms with Gasteiger partial charge in [-0.15, -0.1) is 0 Å². The molecule has 2 aromatic heterocycles. The third kappa shape index (κ3) is 4.47. The zero-order valence-electron chi connectivity index (χ0n) is 12.0. The number of nitrogens with zero attached hydrogens (tertiary/aromatic N) is 3. The summed E-state index contributed by atoms with van der Waals surface area (Å²) in [6.45, 7) is 4.82. The third-order valence-corrected chi connectivity index (χ3v) is 2.91. The molecule has 2 heterocycles. The summed E-state index contributed by atoms with van der Waals surface area (Å²) in [5.74, 6) is 2.32. The van der Waals surface area contributed by atoms with Crippen molar-refractivity contribution >= 4 is 0 Å². The predicted octanol–water partition coefficient (Wildman–Crippen LogP) is 2.26. The van der Waals surface area contributed by atoms with E-state index in [4.69, 9.17) is 13.7 Å². The van der Waals surface area contributed by atoms with E-state index in [2.05, 4.69) is 22.0 Å². The van der Waals surface area contributed by atoms with E-state index in [0.717, 1.165) is 31.0 Å². The molecule has 6 heteroatoms. The van der Waals surface area contributed by atoms with E-state index in [1.54, 1.807) is 13.4 Å². The summed E-state index contributed by atoms with van der Waals surface area (Å²) in [7, 11) is 1.69. The lowest BCUT2D eigenvalue weighted by Gasteiger charge is -2.18. The van der Waals surface area contributed by atoms with Crippen LogP contribution in [0.2, 0.25) is 0 Å². The van der Waals surface area contributed by atoms with Crippen molar-refractivity contribution in [2.24, 2.45) is 0 Å². The highest BCUT2D eigenvalue weighted by Crippen LogP contribution is 2.10. The Hall–Kier alpha value is -1.66. The molecule has 0 aliphatic rings. The number of ether oxygens (including phenoxy) is 1. The van der Waals surface area contributed by atoms with Gasteiger partial charge < -0.3 is 13.7 Å². The minimum Gasteiger partial charge on any atom is -0.468 e. The molecule has 2 aromatic rings. The Labute approximate surface area is 118 Å². The molecule has 0 N–H and O–H groups in total. The Kier molecular flexibility index (Phi) is 5.76. The SMILES string of the molecule is CCCc1noc(CN(CCOC)Cc2ccco2)n1. The molecule has 0 amide bonds. The number of rotatable bonds is 9. The van der Waals surface area contributed by atoms with E-state index < -0.39 is 0 Å². The van der Waals surface area contributed by atoms with Gasteiger partial charge in [0.05, 0.1) is 26.0 Å². The standard InChI is InChI=1S/C14H21N3O3/c1-3-5-13-15-14(20-16-13)11-17(7-9-18-2)10-12-6-4-8-19-12/h4,6,8H,3,5,7,9-11H2,1-2H3. The van der Waals surface area contributed by atoms with Gasteiger partial charge in [-0.05, 0) is 18.6 Å². The minimum atomic E-state index is 0.598. The van der Waals surface area contributed by atoms with Crippen LogP contribution in [0.4, 0.5) is 0 Å². The van der Waals surface area contributed by atoms with Gasteiger partial charge >= 0.3 is 0 Å². The normalized spacial score (nSPS) is 11.3. The molecule has 0 fully saturated rings. The predicted molar refractivity (Wildman–Crippen MR) is 73.0 cm³/mol. The van der Waals surface area contributed by atoms with Gasteiger partial charge in [0.25, 0.3) is 0 Å². The number of aromatic nitrogens is 2. The molecule has 0 aliphatic carbocycles. The summed E-state index contributed by atoms with van der Waals surface area (Å²) >= 11 is 0. The molecular formula is C14H21N3O3. The molecule has 2 rings (SSSR count). The fourth-order valence-electron chi connectivity index (χ4n) is 1.93. The minimum absolute atomic E-state index is 0.598. The quantitative estimate of drug-likeness (QED) is 0.701. The Bertz CT molecular complexity index is 482. The van der Waals surface area contributed by atoms with Crippen LogP contribution in [-0.2, 0) is 24.2 Å². The zero-order valence-corrected chi connectivity index (χ0v) is 12.0. The Morgan fingerprint density at radius 1 is 1.35 bits per heavy atom. The highest BCUT2D eigenvalue weighted by atomic mass is 16.5. The van der Waals surface area contributed by atoms with Crippen molar-refractivity contribution in [1.82, 2.24) is 15.0 Å². The van der Waals surface area contributed by atoms with Crippen LogP contribution in [0.15, 0.2) is 27.3 Å². The van der Waals surface area contributed by atoms with Gasteiger partial charge in [-0.3, -0.25) is 4.90 Å². The van der Waals surface area contributed by atoms with Gasteiger partial charge in [0.2, 0.25) is 5.89 Å². The lowest BCUT2D eigenvalue weighted by Crippen LogP contribution is -2.26. The molecular weight excluding hydrogens is 258 g/mol. The first-order chi connectivity index (χ1) is 9.81. The lowest BCUT2D eigenvalue weighted by atomic mass is 10.3. The molecule has 110 valence electrons. The number of methoxy groups -OCH3 is 1. The largest absolute Gasteiger partial charge is 0.468 e. The fourth-order valence-corrected chi connectivity index (χ4v) is 1.93. The van der Waals surface area contributed by atoms with E-state index in [-0.39, 0.29) is 0 Å². The second-order valence-electron chi connectivity index (χ2n) is 4.64. The van der Waals surface area contributed by atoms with Gasteiger partial charge in [-0.2, -0.15) is 4.98 Å². The monoisotopic (exact) mass is 279 g/mol. The highest BCUT2D eigenvalue weighted by molar-refractivity contribution is 4.98. The molecule has 0 saturated heterocycles. The molecule has 0 bridgehead atoms. The van der Waals surface area contributed by atoms with Gasteiger partial charge in [-0.1, -0.05) is 12.1 Å². The van der Waals surface area contributed by atoms with Crippen molar-refractivity contribution in [2.75, 3.05) is 20.3 Å². The van der Waals surface area contributed by atoms with Crippen LogP contribution in [-0.4, -0.2) is 35.3 Å². The van der Waals surface area contributed by atoms with Crippen LogP contribution in [0.25, 0.3) is 0 Å². The van der Waals surface area contributed by atoms with Crippen molar-refractivity contribution in [3.05, 3.63) is 35.9 Å². The lowest BCUT2D eigenvalue weighted by molar-refractivity contribution is 0.126. The van der Waals surface area contributed by atoms with Crippen LogP contribution in [0, 0.1) is 0 Å². The van der Waals surface area contributed by atoms with Crippen molar-refractivity contribution in [3.8, 4) is 0 Å². The second kappa shape index (κ2) is 7.81. The summed E-state index contributed by atoms with van der Waals surface area (Å²) < 4.78 is 15.8. The molecule has 6 nitrogen and oxygen atoms in total. The maximum atomic E-state index is 5.38. The van der Waals surface area contributed by atoms with E-state index in [0.29, 0.717) is 25.6 Å². The van der Waals surface area contributed by atoms with Crippen molar-refractivity contribution in [1.29, 1.82) is 0 Å². The topological polar surface area (TPSA) is 64.5 Å². The summed E-state index contributed by atoms with van der Waals surface area (Å²) in [6.07, 6.45) is 3.54. The summed E-state index contributed by atoms with van der Waals surface area (Å²) in [5.41, 5.74) is 0. The van der Waals surface area contributed by atoms with Crippen LogP contribution in [0.5, 0.6) is 0 Å². The van der Waals surface area contributed by atoms with Crippen LogP contribution < -0.4 is 0 Å². The van der Waals surface area contributed by atoms with Gasteiger partial charge in [0, 0.05) is 20.1 Å². The molecule has 0 aromatic carbocycles. The van der Waals surface area contributed by atoms with E-state index in [1.807, 2.05) is 12.1 Å². The smallest absolute Gasteiger partial charge is 0.240 e. The fraction of sp³-hybridized carbons (Fsp3) is 0.571. The maximum absolute atomic E-state index is 5.38. The number of furan rings is 1. The van der Waals surface area contributed by atoms with Crippen LogP contribution in [0.3, 0.4) is 0 Å². The summed E-state index contributed by atoms with van der Waals surface area (Å²) in [4.78, 5) is 6.54. The molecule has 0 saturated carbocycles. The van der Waals surface area contributed by atoms with E-state index in [1.165, 1.54) is 0 Å². The summed E-state index contributed by atoms with van der Waals surface area (Å²) in [6, 6.07) is 3.84. The average Bonchev–Trinajstić information content (AvgIpc) is 3.09. The van der Waals surface area contributed by atoms with Gasteiger partial charge in [0.15, 0.2) is 5.82 Å². The molecule has 0 unspecified atom stereocenters. The molecule has 0 atom stereocenters. The highest BCUT2D eigenvalue weighted by Gasteiger charge is 2.13. The Morgan fingerprint density at radius 3 is 2.95 bits per heavy atom.